The summed E-state index contributed by atoms with van der Waals surface area (Å²) >= 11 is 0. The lowest BCUT2D eigenvalue weighted by atomic mass is 10.2. The molecular formula is C13H25N3O4S. The van der Waals surface area contributed by atoms with Crippen LogP contribution in [0.25, 0.3) is 0 Å². The molecule has 2 atom stereocenters. The molecule has 0 radical (unpaired) electrons. The summed E-state index contributed by atoms with van der Waals surface area (Å²) in [6.07, 6.45) is 2.97. The van der Waals surface area contributed by atoms with Gasteiger partial charge in [0.15, 0.2) is 0 Å². The Bertz CT molecular complexity index is 468. The third kappa shape index (κ3) is 3.39. The highest BCUT2D eigenvalue weighted by Gasteiger charge is 2.45. The van der Waals surface area contributed by atoms with Gasteiger partial charge in [0.25, 0.3) is 10.2 Å². The van der Waals surface area contributed by atoms with Crippen molar-refractivity contribution in [2.45, 2.75) is 44.7 Å². The van der Waals surface area contributed by atoms with Crippen LogP contribution in [0.5, 0.6) is 0 Å². The van der Waals surface area contributed by atoms with Gasteiger partial charge in [0.2, 0.25) is 0 Å². The van der Waals surface area contributed by atoms with Gasteiger partial charge >= 0.3 is 5.97 Å². The zero-order valence-corrected chi connectivity index (χ0v) is 13.6. The number of nitrogens with one attached hydrogen (secondary N) is 1. The van der Waals surface area contributed by atoms with Crippen LogP contribution in [0.1, 0.15) is 32.6 Å². The third-order valence-corrected chi connectivity index (χ3v) is 6.22. The van der Waals surface area contributed by atoms with Gasteiger partial charge in [-0.3, -0.25) is 4.79 Å². The second kappa shape index (κ2) is 7.04. The predicted molar refractivity (Wildman–Crippen MR) is 78.9 cm³/mol. The van der Waals surface area contributed by atoms with Gasteiger partial charge in [-0.2, -0.15) is 17.0 Å². The van der Waals surface area contributed by atoms with Gasteiger partial charge in [-0.05, 0) is 39.7 Å². The van der Waals surface area contributed by atoms with E-state index in [0.29, 0.717) is 32.5 Å². The van der Waals surface area contributed by atoms with E-state index in [1.807, 2.05) is 7.05 Å². The Balaban J connectivity index is 2.16. The van der Waals surface area contributed by atoms with Gasteiger partial charge in [-0.15, -0.1) is 0 Å². The highest BCUT2D eigenvalue weighted by Crippen LogP contribution is 2.29. The van der Waals surface area contributed by atoms with Crippen molar-refractivity contribution in [3.05, 3.63) is 0 Å². The van der Waals surface area contributed by atoms with Crippen LogP contribution in [-0.4, -0.2) is 68.4 Å². The van der Waals surface area contributed by atoms with Crippen LogP contribution in [-0.2, 0) is 19.7 Å². The fraction of sp³-hybridized carbons (Fsp3) is 0.923. The minimum atomic E-state index is -3.60. The first-order valence-corrected chi connectivity index (χ1v) is 9.02. The largest absolute Gasteiger partial charge is 0.465 e. The third-order valence-electron chi connectivity index (χ3n) is 4.12. The van der Waals surface area contributed by atoms with E-state index in [1.54, 1.807) is 11.2 Å². The molecule has 0 spiro atoms. The molecule has 2 saturated heterocycles. The summed E-state index contributed by atoms with van der Waals surface area (Å²) in [6.45, 7) is 3.57. The smallest absolute Gasteiger partial charge is 0.324 e. The molecule has 0 bridgehead atoms. The Morgan fingerprint density at radius 2 is 1.90 bits per heavy atom. The van der Waals surface area contributed by atoms with Gasteiger partial charge in [0, 0.05) is 25.7 Å². The molecule has 2 fully saturated rings. The van der Waals surface area contributed by atoms with Crippen molar-refractivity contribution in [2.75, 3.05) is 33.3 Å². The number of hydrogen-bond donors (Lipinski definition) is 1. The summed E-state index contributed by atoms with van der Waals surface area (Å²) in [4.78, 5) is 12.0. The standard InChI is InChI=1S/C13H25N3O4S/c1-3-20-13(17)12-7-5-9-16(12)21(18,19)15-8-4-6-11(15)10-14-2/h11-12,14H,3-10H2,1-2H3. The highest BCUT2D eigenvalue weighted by atomic mass is 32.2. The molecule has 0 aromatic rings. The van der Waals surface area contributed by atoms with Gasteiger partial charge in [0.1, 0.15) is 6.04 Å². The average Bonchev–Trinajstić information content (AvgIpc) is 3.08. The molecule has 1 N–H and O–H groups in total. The van der Waals surface area contributed by atoms with E-state index in [-0.39, 0.29) is 12.6 Å². The fourth-order valence-electron chi connectivity index (χ4n) is 3.18. The maximum Gasteiger partial charge on any atom is 0.324 e. The van der Waals surface area contributed by atoms with Crippen molar-refractivity contribution in [2.24, 2.45) is 0 Å². The Morgan fingerprint density at radius 1 is 1.24 bits per heavy atom. The molecule has 0 amide bonds. The van der Waals surface area contributed by atoms with Crippen LogP contribution in [0.4, 0.5) is 0 Å². The Kier molecular flexibility index (Phi) is 5.59. The number of carbonyl (C=O) groups is 1. The van der Waals surface area contributed by atoms with Crippen molar-refractivity contribution in [3.63, 3.8) is 0 Å². The molecular weight excluding hydrogens is 294 g/mol. The summed E-state index contributed by atoms with van der Waals surface area (Å²) < 4.78 is 33.6. The van der Waals surface area contributed by atoms with Crippen LogP contribution in [0, 0.1) is 0 Å². The second-order valence-electron chi connectivity index (χ2n) is 5.49. The van der Waals surface area contributed by atoms with E-state index < -0.39 is 22.2 Å². The molecule has 122 valence electrons. The number of rotatable bonds is 6. The summed E-state index contributed by atoms with van der Waals surface area (Å²) in [5.41, 5.74) is 0. The van der Waals surface area contributed by atoms with Crippen molar-refractivity contribution in [1.82, 2.24) is 13.9 Å². The number of carbonyl (C=O) groups excluding carboxylic acids is 1. The SMILES string of the molecule is CCOC(=O)C1CCCN1S(=O)(=O)N1CCCC1CNC. The number of hydrogen-bond acceptors (Lipinski definition) is 5. The molecule has 21 heavy (non-hydrogen) atoms. The van der Waals surface area contributed by atoms with E-state index in [9.17, 15) is 13.2 Å². The van der Waals surface area contributed by atoms with E-state index in [4.69, 9.17) is 4.74 Å². The first-order chi connectivity index (χ1) is 10.0. The first kappa shape index (κ1) is 16.7. The first-order valence-electron chi connectivity index (χ1n) is 7.62. The minimum absolute atomic E-state index is 0.0246. The predicted octanol–water partition coefficient (Wildman–Crippen LogP) is -0.0575. The summed E-state index contributed by atoms with van der Waals surface area (Å²) in [5.74, 6) is -0.428. The normalized spacial score (nSPS) is 28.1. The van der Waals surface area contributed by atoms with Gasteiger partial charge in [-0.1, -0.05) is 0 Å². The molecule has 0 aliphatic carbocycles. The number of esters is 1. The lowest BCUT2D eigenvalue weighted by Gasteiger charge is -2.31. The molecule has 8 heteroatoms. The van der Waals surface area contributed by atoms with Crippen molar-refractivity contribution in [3.8, 4) is 0 Å². The number of likely N-dealkylation sites (N-methyl/N-ethyl adjacent to an activating group) is 1. The summed E-state index contributed by atoms with van der Waals surface area (Å²) in [5, 5.41) is 3.04. The molecule has 7 nitrogen and oxygen atoms in total. The molecule has 2 aliphatic heterocycles. The van der Waals surface area contributed by atoms with Crippen molar-refractivity contribution >= 4 is 16.2 Å². The van der Waals surface area contributed by atoms with Crippen molar-refractivity contribution < 1.29 is 17.9 Å². The topological polar surface area (TPSA) is 79.0 Å². The van der Waals surface area contributed by atoms with Gasteiger partial charge in [-0.25, -0.2) is 0 Å². The lowest BCUT2D eigenvalue weighted by molar-refractivity contribution is -0.146. The van der Waals surface area contributed by atoms with E-state index >= 15 is 0 Å². The minimum Gasteiger partial charge on any atom is -0.465 e. The van der Waals surface area contributed by atoms with Crippen LogP contribution in [0.15, 0.2) is 0 Å². The second-order valence-corrected chi connectivity index (χ2v) is 7.33. The number of nitrogens with zero attached hydrogens (tertiary/aromatic N) is 2. The fourth-order valence-corrected chi connectivity index (χ4v) is 5.24. The molecule has 2 aliphatic rings. The Hall–Kier alpha value is -0.700. The summed E-state index contributed by atoms with van der Waals surface area (Å²) in [7, 11) is -1.78. The molecule has 0 aromatic carbocycles. The molecule has 0 saturated carbocycles. The monoisotopic (exact) mass is 319 g/mol. The quantitative estimate of drug-likeness (QED) is 0.694. The molecule has 2 unspecified atom stereocenters. The maximum atomic E-state index is 12.9. The number of ether oxygens (including phenoxy) is 1. The molecule has 2 rings (SSSR count). The lowest BCUT2D eigenvalue weighted by Crippen LogP contribution is -2.51. The van der Waals surface area contributed by atoms with Crippen LogP contribution in [0.2, 0.25) is 0 Å². The zero-order valence-electron chi connectivity index (χ0n) is 12.7. The summed E-state index contributed by atoms with van der Waals surface area (Å²) in [6, 6.07) is -0.686. The Labute approximate surface area is 126 Å². The van der Waals surface area contributed by atoms with Gasteiger partial charge in [0.05, 0.1) is 6.61 Å². The van der Waals surface area contributed by atoms with Crippen LogP contribution < -0.4 is 5.32 Å². The molecule has 2 heterocycles. The Morgan fingerprint density at radius 3 is 2.57 bits per heavy atom. The zero-order chi connectivity index (χ0) is 15.5. The van der Waals surface area contributed by atoms with E-state index in [1.165, 1.54) is 4.31 Å². The highest BCUT2D eigenvalue weighted by molar-refractivity contribution is 7.86. The maximum absolute atomic E-state index is 12.9. The van der Waals surface area contributed by atoms with Crippen molar-refractivity contribution in [1.29, 1.82) is 0 Å². The molecule has 0 aromatic heterocycles. The van der Waals surface area contributed by atoms with Crippen LogP contribution >= 0.6 is 0 Å². The van der Waals surface area contributed by atoms with E-state index in [2.05, 4.69) is 5.32 Å². The van der Waals surface area contributed by atoms with E-state index in [0.717, 1.165) is 12.8 Å². The van der Waals surface area contributed by atoms with Gasteiger partial charge < -0.3 is 10.1 Å². The average molecular weight is 319 g/mol. The van der Waals surface area contributed by atoms with Crippen LogP contribution in [0.3, 0.4) is 0 Å².